The predicted molar refractivity (Wildman–Crippen MR) is 130 cm³/mol. The molecule has 0 fully saturated rings. The molecule has 0 saturated heterocycles. The Bertz CT molecular complexity index is 1090. The van der Waals surface area contributed by atoms with Crippen LogP contribution >= 0.6 is 23.8 Å². The molecule has 3 N–H and O–H groups in total. The van der Waals surface area contributed by atoms with Gasteiger partial charge in [-0.25, -0.2) is 0 Å². The summed E-state index contributed by atoms with van der Waals surface area (Å²) in [4.78, 5) is 24.5. The Morgan fingerprint density at radius 1 is 0.818 bits per heavy atom. The lowest BCUT2D eigenvalue weighted by molar-refractivity contribution is -0.121. The number of benzene rings is 3. The SMILES string of the molecule is O=C(Cc1ccc(Cl)cc1)NNC(=S)NC(=O)c1cccc(OCCOc2ccccc2)c1. The van der Waals surface area contributed by atoms with Crippen LogP contribution in [0.3, 0.4) is 0 Å². The Morgan fingerprint density at radius 3 is 2.21 bits per heavy atom. The van der Waals surface area contributed by atoms with Crippen molar-refractivity contribution in [3.05, 3.63) is 95.0 Å². The molecule has 0 aromatic heterocycles. The van der Waals surface area contributed by atoms with Crippen molar-refractivity contribution in [2.75, 3.05) is 13.2 Å². The van der Waals surface area contributed by atoms with E-state index < -0.39 is 5.91 Å². The number of thiocarbonyl (C=S) groups is 1. The highest BCUT2D eigenvalue weighted by Crippen LogP contribution is 2.14. The lowest BCUT2D eigenvalue weighted by Gasteiger charge is -2.12. The third-order valence-corrected chi connectivity index (χ3v) is 4.74. The molecule has 0 aliphatic heterocycles. The van der Waals surface area contributed by atoms with E-state index >= 15 is 0 Å². The van der Waals surface area contributed by atoms with Gasteiger partial charge in [-0.3, -0.25) is 25.8 Å². The summed E-state index contributed by atoms with van der Waals surface area (Å²) in [6.07, 6.45) is 0.133. The summed E-state index contributed by atoms with van der Waals surface area (Å²) in [5.74, 6) is 0.525. The number of hydrogen-bond donors (Lipinski definition) is 3. The maximum atomic E-state index is 12.4. The molecule has 0 aliphatic carbocycles. The average molecular weight is 484 g/mol. The van der Waals surface area contributed by atoms with E-state index in [1.165, 1.54) is 0 Å². The summed E-state index contributed by atoms with van der Waals surface area (Å²) < 4.78 is 11.2. The van der Waals surface area contributed by atoms with Gasteiger partial charge in [0, 0.05) is 10.6 Å². The highest BCUT2D eigenvalue weighted by Gasteiger charge is 2.10. The number of nitrogens with one attached hydrogen (secondary N) is 3. The second-order valence-electron chi connectivity index (χ2n) is 6.80. The summed E-state index contributed by atoms with van der Waals surface area (Å²) >= 11 is 10.9. The molecule has 0 aliphatic rings. The molecule has 0 heterocycles. The van der Waals surface area contributed by atoms with Crippen molar-refractivity contribution in [1.82, 2.24) is 16.2 Å². The molecular formula is C24H22ClN3O4S. The normalized spacial score (nSPS) is 10.1. The quantitative estimate of drug-likeness (QED) is 0.257. The van der Waals surface area contributed by atoms with Gasteiger partial charge in [-0.2, -0.15) is 0 Å². The third kappa shape index (κ3) is 8.44. The highest BCUT2D eigenvalue weighted by atomic mass is 35.5. The van der Waals surface area contributed by atoms with E-state index in [9.17, 15) is 9.59 Å². The Hall–Kier alpha value is -3.62. The minimum absolute atomic E-state index is 0.0351. The molecule has 0 atom stereocenters. The van der Waals surface area contributed by atoms with Crippen LogP contribution in [0.4, 0.5) is 0 Å². The van der Waals surface area contributed by atoms with Crippen LogP contribution in [0.5, 0.6) is 11.5 Å². The van der Waals surface area contributed by atoms with Crippen LogP contribution in [0.2, 0.25) is 5.02 Å². The number of hydrazine groups is 1. The first kappa shape index (κ1) is 24.0. The molecule has 0 unspecified atom stereocenters. The average Bonchev–Trinajstić information content (AvgIpc) is 2.83. The van der Waals surface area contributed by atoms with Crippen molar-refractivity contribution >= 4 is 40.7 Å². The van der Waals surface area contributed by atoms with E-state index in [0.717, 1.165) is 11.3 Å². The number of halogens is 1. The third-order valence-electron chi connectivity index (χ3n) is 4.28. The van der Waals surface area contributed by atoms with Crippen LogP contribution < -0.4 is 25.6 Å². The molecule has 0 saturated carbocycles. The zero-order valence-electron chi connectivity index (χ0n) is 17.5. The fourth-order valence-electron chi connectivity index (χ4n) is 2.73. The molecule has 170 valence electrons. The van der Waals surface area contributed by atoms with Gasteiger partial charge in [0.05, 0.1) is 6.42 Å². The van der Waals surface area contributed by atoms with E-state index in [-0.39, 0.29) is 17.4 Å². The first-order chi connectivity index (χ1) is 16.0. The maximum absolute atomic E-state index is 12.4. The smallest absolute Gasteiger partial charge is 0.257 e. The minimum atomic E-state index is -0.439. The van der Waals surface area contributed by atoms with Gasteiger partial charge >= 0.3 is 0 Å². The van der Waals surface area contributed by atoms with Crippen LogP contribution in [0.1, 0.15) is 15.9 Å². The van der Waals surface area contributed by atoms with Gasteiger partial charge < -0.3 is 9.47 Å². The number of rotatable bonds is 8. The first-order valence-corrected chi connectivity index (χ1v) is 10.8. The van der Waals surface area contributed by atoms with Gasteiger partial charge in [0.2, 0.25) is 5.91 Å². The molecule has 3 rings (SSSR count). The van der Waals surface area contributed by atoms with Gasteiger partial charge in [-0.1, -0.05) is 48.0 Å². The first-order valence-electron chi connectivity index (χ1n) is 10.0. The van der Waals surface area contributed by atoms with E-state index in [0.29, 0.717) is 29.5 Å². The second-order valence-corrected chi connectivity index (χ2v) is 7.64. The molecule has 7 nitrogen and oxygen atoms in total. The molecule has 33 heavy (non-hydrogen) atoms. The number of hydrogen-bond acceptors (Lipinski definition) is 5. The number of carbonyl (C=O) groups is 2. The van der Waals surface area contributed by atoms with Crippen LogP contribution in [-0.4, -0.2) is 30.1 Å². The Kier molecular flexibility index (Phi) is 9.05. The second kappa shape index (κ2) is 12.4. The van der Waals surface area contributed by atoms with E-state index in [2.05, 4.69) is 16.2 Å². The van der Waals surface area contributed by atoms with E-state index in [1.54, 1.807) is 48.5 Å². The predicted octanol–water partition coefficient (Wildman–Crippen LogP) is 3.68. The number of carbonyl (C=O) groups excluding carboxylic acids is 2. The van der Waals surface area contributed by atoms with Gasteiger partial charge in [-0.05, 0) is 60.2 Å². The molecule has 3 aromatic carbocycles. The number of para-hydroxylation sites is 1. The summed E-state index contributed by atoms with van der Waals surface area (Å²) in [6.45, 7) is 0.684. The van der Waals surface area contributed by atoms with Crippen molar-refractivity contribution in [2.45, 2.75) is 6.42 Å². The van der Waals surface area contributed by atoms with Crippen molar-refractivity contribution in [3.8, 4) is 11.5 Å². The van der Waals surface area contributed by atoms with Crippen LogP contribution in [-0.2, 0) is 11.2 Å². The lowest BCUT2D eigenvalue weighted by atomic mass is 10.1. The molecule has 9 heteroatoms. The topological polar surface area (TPSA) is 88.7 Å². The van der Waals surface area contributed by atoms with Crippen molar-refractivity contribution < 1.29 is 19.1 Å². The zero-order valence-corrected chi connectivity index (χ0v) is 19.1. The highest BCUT2D eigenvalue weighted by molar-refractivity contribution is 7.80. The lowest BCUT2D eigenvalue weighted by Crippen LogP contribution is -2.48. The zero-order chi connectivity index (χ0) is 23.5. The van der Waals surface area contributed by atoms with Crippen molar-refractivity contribution in [3.63, 3.8) is 0 Å². The van der Waals surface area contributed by atoms with Crippen LogP contribution in [0.15, 0.2) is 78.9 Å². The van der Waals surface area contributed by atoms with Gasteiger partial charge in [0.1, 0.15) is 24.7 Å². The summed E-state index contributed by atoms with van der Waals surface area (Å²) in [7, 11) is 0. The fraction of sp³-hybridized carbons (Fsp3) is 0.125. The Morgan fingerprint density at radius 2 is 1.48 bits per heavy atom. The standard InChI is InChI=1S/C24H22ClN3O4S/c25-19-11-9-17(10-12-19)15-22(29)27-28-24(33)26-23(30)18-5-4-8-21(16-18)32-14-13-31-20-6-2-1-3-7-20/h1-12,16H,13-15H2,(H,27,29)(H2,26,28,30,33). The van der Waals surface area contributed by atoms with E-state index in [1.807, 2.05) is 30.3 Å². The Balaban J connectivity index is 1.40. The Labute approximate surface area is 202 Å². The molecule has 3 aromatic rings. The number of ether oxygens (including phenoxy) is 2. The minimum Gasteiger partial charge on any atom is -0.490 e. The monoisotopic (exact) mass is 483 g/mol. The molecule has 2 amide bonds. The van der Waals surface area contributed by atoms with Crippen molar-refractivity contribution in [1.29, 1.82) is 0 Å². The molecule has 0 bridgehead atoms. The van der Waals surface area contributed by atoms with E-state index in [4.69, 9.17) is 33.3 Å². The molecule has 0 radical (unpaired) electrons. The summed E-state index contributed by atoms with van der Waals surface area (Å²) in [6, 6.07) is 23.0. The maximum Gasteiger partial charge on any atom is 0.257 e. The summed E-state index contributed by atoms with van der Waals surface area (Å²) in [5, 5.41) is 3.07. The number of amides is 2. The fourth-order valence-corrected chi connectivity index (χ4v) is 3.00. The largest absolute Gasteiger partial charge is 0.490 e. The van der Waals surface area contributed by atoms with Gasteiger partial charge in [-0.15, -0.1) is 0 Å². The van der Waals surface area contributed by atoms with Gasteiger partial charge in [0.15, 0.2) is 5.11 Å². The summed E-state index contributed by atoms with van der Waals surface area (Å²) in [5.41, 5.74) is 6.10. The molecular weight excluding hydrogens is 462 g/mol. The van der Waals surface area contributed by atoms with Crippen LogP contribution in [0.25, 0.3) is 0 Å². The van der Waals surface area contributed by atoms with Crippen molar-refractivity contribution in [2.24, 2.45) is 0 Å². The van der Waals surface area contributed by atoms with Crippen LogP contribution in [0, 0.1) is 0 Å². The van der Waals surface area contributed by atoms with Gasteiger partial charge in [0.25, 0.3) is 5.91 Å². The molecule has 0 spiro atoms.